The van der Waals surface area contributed by atoms with E-state index < -0.39 is 0 Å². The third-order valence-corrected chi connectivity index (χ3v) is 5.35. The highest BCUT2D eigenvalue weighted by Gasteiger charge is 2.36. The molecule has 2 saturated heterocycles. The van der Waals surface area contributed by atoms with Gasteiger partial charge in [-0.1, -0.05) is 18.5 Å². The van der Waals surface area contributed by atoms with Gasteiger partial charge in [-0.05, 0) is 59.9 Å². The van der Waals surface area contributed by atoms with Crippen molar-refractivity contribution in [1.82, 2.24) is 4.90 Å². The van der Waals surface area contributed by atoms with Crippen LogP contribution in [0.2, 0.25) is 5.02 Å². The van der Waals surface area contributed by atoms with E-state index in [-0.39, 0.29) is 0 Å². The molecule has 1 aromatic carbocycles. The van der Waals surface area contributed by atoms with Gasteiger partial charge in [0.25, 0.3) is 0 Å². The van der Waals surface area contributed by atoms with Crippen LogP contribution >= 0.6 is 27.5 Å². The highest BCUT2D eigenvalue weighted by atomic mass is 79.9. The predicted octanol–water partition coefficient (Wildman–Crippen LogP) is 4.17. The summed E-state index contributed by atoms with van der Waals surface area (Å²) in [6.07, 6.45) is 3.90. The van der Waals surface area contributed by atoms with Gasteiger partial charge in [-0.3, -0.25) is 4.90 Å². The van der Waals surface area contributed by atoms with Crippen LogP contribution in [0.15, 0.2) is 22.7 Å². The molecule has 0 spiro atoms. The molecule has 2 atom stereocenters. The second-order valence-electron chi connectivity index (χ2n) is 5.60. The Balaban J connectivity index is 1.88. The summed E-state index contributed by atoms with van der Waals surface area (Å²) in [5.41, 5.74) is 1.29. The minimum absolute atomic E-state index is 0.617. The van der Waals surface area contributed by atoms with Crippen molar-refractivity contribution in [1.29, 1.82) is 0 Å². The van der Waals surface area contributed by atoms with Gasteiger partial charge in [0.15, 0.2) is 0 Å². The van der Waals surface area contributed by atoms with Crippen LogP contribution in [0.5, 0.6) is 0 Å². The topological polar surface area (TPSA) is 6.48 Å². The number of halogens is 2. The number of benzene rings is 1. The Kier molecular flexibility index (Phi) is 4.06. The lowest BCUT2D eigenvalue weighted by Crippen LogP contribution is -2.56. The Morgan fingerprint density at radius 3 is 2.95 bits per heavy atom. The molecule has 104 valence electrons. The van der Waals surface area contributed by atoms with Gasteiger partial charge in [-0.25, -0.2) is 0 Å². The van der Waals surface area contributed by atoms with Gasteiger partial charge in [0.2, 0.25) is 0 Å². The first-order chi connectivity index (χ1) is 9.19. The third kappa shape index (κ3) is 2.65. The predicted molar refractivity (Wildman–Crippen MR) is 85.2 cm³/mol. The van der Waals surface area contributed by atoms with Gasteiger partial charge in [-0.2, -0.15) is 0 Å². The standard InChI is InChI=1S/C15H20BrClN2/c1-2-12-9-18-7-3-4-13(18)10-19(12)15-6-5-11(17)8-14(15)16/h5-6,8,12-13H,2-4,7,9-10H2,1H3. The average Bonchev–Trinajstić information content (AvgIpc) is 2.84. The molecule has 0 saturated carbocycles. The Hall–Kier alpha value is -0.250. The van der Waals surface area contributed by atoms with Crippen LogP contribution in [0.4, 0.5) is 5.69 Å². The Labute approximate surface area is 128 Å². The molecule has 2 unspecified atom stereocenters. The summed E-state index contributed by atoms with van der Waals surface area (Å²) in [6.45, 7) is 5.93. The summed E-state index contributed by atoms with van der Waals surface area (Å²) >= 11 is 9.73. The second-order valence-corrected chi connectivity index (χ2v) is 6.89. The molecule has 0 amide bonds. The highest BCUT2D eigenvalue weighted by molar-refractivity contribution is 9.10. The van der Waals surface area contributed by atoms with E-state index in [9.17, 15) is 0 Å². The number of hydrogen-bond acceptors (Lipinski definition) is 2. The molecule has 0 aromatic heterocycles. The molecule has 0 radical (unpaired) electrons. The SMILES string of the molecule is CCC1CN2CCCC2CN1c1ccc(Cl)cc1Br. The lowest BCUT2D eigenvalue weighted by atomic mass is 10.0. The Morgan fingerprint density at radius 1 is 1.37 bits per heavy atom. The van der Waals surface area contributed by atoms with E-state index in [0.717, 1.165) is 22.1 Å². The van der Waals surface area contributed by atoms with Crippen molar-refractivity contribution < 1.29 is 0 Å². The molecule has 2 aliphatic rings. The molecule has 2 aliphatic heterocycles. The fraction of sp³-hybridized carbons (Fsp3) is 0.600. The van der Waals surface area contributed by atoms with E-state index in [2.05, 4.69) is 38.7 Å². The number of rotatable bonds is 2. The van der Waals surface area contributed by atoms with Crippen molar-refractivity contribution in [2.24, 2.45) is 0 Å². The van der Waals surface area contributed by atoms with Crippen molar-refractivity contribution in [3.05, 3.63) is 27.7 Å². The van der Waals surface area contributed by atoms with E-state index in [1.54, 1.807) is 0 Å². The van der Waals surface area contributed by atoms with E-state index >= 15 is 0 Å². The fourth-order valence-corrected chi connectivity index (χ4v) is 4.36. The van der Waals surface area contributed by atoms with Crippen LogP contribution in [0.25, 0.3) is 0 Å². The monoisotopic (exact) mass is 342 g/mol. The van der Waals surface area contributed by atoms with E-state index in [1.807, 2.05) is 12.1 Å². The summed E-state index contributed by atoms with van der Waals surface area (Å²) in [5.74, 6) is 0. The van der Waals surface area contributed by atoms with Gasteiger partial charge in [-0.15, -0.1) is 0 Å². The summed E-state index contributed by atoms with van der Waals surface area (Å²) in [4.78, 5) is 5.25. The van der Waals surface area contributed by atoms with Crippen LogP contribution < -0.4 is 4.90 Å². The zero-order chi connectivity index (χ0) is 13.4. The van der Waals surface area contributed by atoms with Crippen molar-refractivity contribution in [2.45, 2.75) is 38.3 Å². The van der Waals surface area contributed by atoms with E-state index in [0.29, 0.717) is 6.04 Å². The summed E-state index contributed by atoms with van der Waals surface area (Å²) < 4.78 is 1.12. The van der Waals surface area contributed by atoms with Crippen LogP contribution in [0.3, 0.4) is 0 Å². The molecule has 4 heteroatoms. The molecule has 0 aliphatic carbocycles. The van der Waals surface area contributed by atoms with Gasteiger partial charge in [0.05, 0.1) is 5.69 Å². The number of nitrogens with zero attached hydrogens (tertiary/aromatic N) is 2. The largest absolute Gasteiger partial charge is 0.365 e. The first-order valence-corrected chi connectivity index (χ1v) is 8.32. The second kappa shape index (κ2) is 5.63. The quantitative estimate of drug-likeness (QED) is 0.795. The third-order valence-electron chi connectivity index (χ3n) is 4.48. The van der Waals surface area contributed by atoms with Crippen molar-refractivity contribution >= 4 is 33.2 Å². The minimum Gasteiger partial charge on any atom is -0.365 e. The molecule has 0 N–H and O–H groups in total. The minimum atomic E-state index is 0.617. The van der Waals surface area contributed by atoms with Crippen molar-refractivity contribution in [2.75, 3.05) is 24.5 Å². The van der Waals surface area contributed by atoms with Gasteiger partial charge >= 0.3 is 0 Å². The smallest absolute Gasteiger partial charge is 0.0515 e. The maximum Gasteiger partial charge on any atom is 0.0515 e. The van der Waals surface area contributed by atoms with Crippen molar-refractivity contribution in [3.63, 3.8) is 0 Å². The highest BCUT2D eigenvalue weighted by Crippen LogP contribution is 2.35. The maximum atomic E-state index is 6.06. The number of piperazine rings is 1. The summed E-state index contributed by atoms with van der Waals surface area (Å²) in [7, 11) is 0. The zero-order valence-electron chi connectivity index (χ0n) is 11.3. The summed E-state index contributed by atoms with van der Waals surface area (Å²) in [6, 6.07) is 7.51. The van der Waals surface area contributed by atoms with Crippen LogP contribution in [0.1, 0.15) is 26.2 Å². The molecule has 2 heterocycles. The van der Waals surface area contributed by atoms with E-state index in [1.165, 1.54) is 38.0 Å². The van der Waals surface area contributed by atoms with Crippen molar-refractivity contribution in [3.8, 4) is 0 Å². The average molecular weight is 344 g/mol. The Bertz CT molecular complexity index is 465. The van der Waals surface area contributed by atoms with Gasteiger partial charge in [0, 0.05) is 34.7 Å². The summed E-state index contributed by atoms with van der Waals surface area (Å²) in [5, 5.41) is 0.795. The number of fused-ring (bicyclic) bond motifs is 1. The molecule has 3 rings (SSSR count). The molecule has 19 heavy (non-hydrogen) atoms. The molecule has 0 bridgehead atoms. The lowest BCUT2D eigenvalue weighted by molar-refractivity contribution is 0.194. The first kappa shape index (κ1) is 13.7. The zero-order valence-corrected chi connectivity index (χ0v) is 13.6. The molecule has 2 fully saturated rings. The van der Waals surface area contributed by atoms with Crippen LogP contribution in [-0.4, -0.2) is 36.6 Å². The Morgan fingerprint density at radius 2 is 2.21 bits per heavy atom. The van der Waals surface area contributed by atoms with Gasteiger partial charge in [0.1, 0.15) is 0 Å². The van der Waals surface area contributed by atoms with E-state index in [4.69, 9.17) is 11.6 Å². The molecular weight excluding hydrogens is 324 g/mol. The van der Waals surface area contributed by atoms with Gasteiger partial charge < -0.3 is 4.90 Å². The van der Waals surface area contributed by atoms with Crippen LogP contribution in [0, 0.1) is 0 Å². The lowest BCUT2D eigenvalue weighted by Gasteiger charge is -2.45. The normalized spacial score (nSPS) is 27.6. The van der Waals surface area contributed by atoms with Crippen LogP contribution in [-0.2, 0) is 0 Å². The number of hydrogen-bond donors (Lipinski definition) is 0. The first-order valence-electron chi connectivity index (χ1n) is 7.14. The molecule has 2 nitrogen and oxygen atoms in total. The number of anilines is 1. The molecule has 1 aromatic rings. The molecular formula is C15H20BrClN2. The fourth-order valence-electron chi connectivity index (χ4n) is 3.45. The maximum absolute atomic E-state index is 6.06.